The lowest BCUT2D eigenvalue weighted by atomic mass is 10.2. The lowest BCUT2D eigenvalue weighted by Gasteiger charge is -2.07. The molecule has 74 valence electrons. The average molecular weight is 220 g/mol. The highest BCUT2D eigenvalue weighted by Crippen LogP contribution is 2.10. The van der Waals surface area contributed by atoms with Crippen LogP contribution in [0.25, 0.3) is 0 Å². The van der Waals surface area contributed by atoms with Crippen molar-refractivity contribution in [1.82, 2.24) is 5.32 Å². The van der Waals surface area contributed by atoms with Crippen LogP contribution in [0.5, 0.6) is 0 Å². The molecule has 0 fully saturated rings. The average Bonchev–Trinajstić information content (AvgIpc) is 2.01. The van der Waals surface area contributed by atoms with Gasteiger partial charge in [-0.15, -0.1) is 12.4 Å². The number of benzene rings is 1. The Balaban J connectivity index is 0.00000144. The Bertz CT molecular complexity index is 248. The summed E-state index contributed by atoms with van der Waals surface area (Å²) in [4.78, 5) is 0. The van der Waals surface area contributed by atoms with E-state index >= 15 is 0 Å². The third-order valence-corrected chi connectivity index (χ3v) is 1.84. The molecule has 0 amide bonds. The van der Waals surface area contributed by atoms with Crippen LogP contribution < -0.4 is 5.32 Å². The fraction of sp³-hybridized carbons (Fsp3) is 0.400. The first-order valence-electron chi connectivity index (χ1n) is 4.16. The molecule has 1 rings (SSSR count). The Morgan fingerprint density at radius 2 is 2.08 bits per heavy atom. The van der Waals surface area contributed by atoms with Gasteiger partial charge in [0.05, 0.1) is 0 Å². The van der Waals surface area contributed by atoms with Crippen molar-refractivity contribution < 1.29 is 0 Å². The third-order valence-electron chi connectivity index (χ3n) is 1.60. The minimum Gasteiger partial charge on any atom is -0.310 e. The van der Waals surface area contributed by atoms with E-state index in [1.54, 1.807) is 0 Å². The highest BCUT2D eigenvalue weighted by Gasteiger charge is 1.95. The Kier molecular flexibility index (Phi) is 6.13. The van der Waals surface area contributed by atoms with Crippen LogP contribution in [0.1, 0.15) is 19.4 Å². The Morgan fingerprint density at radius 1 is 1.38 bits per heavy atom. The van der Waals surface area contributed by atoms with Crippen LogP contribution in [0, 0.1) is 0 Å². The molecule has 1 nitrogen and oxygen atoms in total. The quantitative estimate of drug-likeness (QED) is 0.824. The predicted molar refractivity (Wildman–Crippen MR) is 60.7 cm³/mol. The second-order valence-electron chi connectivity index (χ2n) is 3.17. The van der Waals surface area contributed by atoms with E-state index in [1.807, 2.05) is 18.2 Å². The summed E-state index contributed by atoms with van der Waals surface area (Å²) in [5.74, 6) is 0. The van der Waals surface area contributed by atoms with Crippen molar-refractivity contribution in [2.45, 2.75) is 26.4 Å². The summed E-state index contributed by atoms with van der Waals surface area (Å²) in [6, 6.07) is 8.43. The van der Waals surface area contributed by atoms with E-state index in [9.17, 15) is 0 Å². The zero-order valence-electron chi connectivity index (χ0n) is 7.88. The highest BCUT2D eigenvalue weighted by atomic mass is 35.5. The van der Waals surface area contributed by atoms with E-state index in [2.05, 4.69) is 25.2 Å². The molecule has 0 aromatic heterocycles. The van der Waals surface area contributed by atoms with Crippen LogP contribution >= 0.6 is 24.0 Å². The van der Waals surface area contributed by atoms with Crippen molar-refractivity contribution in [3.63, 3.8) is 0 Å². The number of halogens is 2. The summed E-state index contributed by atoms with van der Waals surface area (Å²) in [7, 11) is 0. The van der Waals surface area contributed by atoms with E-state index in [1.165, 1.54) is 5.56 Å². The molecule has 0 heterocycles. The number of rotatable bonds is 3. The van der Waals surface area contributed by atoms with Crippen molar-refractivity contribution in [3.05, 3.63) is 34.9 Å². The number of hydrogen-bond acceptors (Lipinski definition) is 1. The van der Waals surface area contributed by atoms with Gasteiger partial charge in [0.2, 0.25) is 0 Å². The summed E-state index contributed by atoms with van der Waals surface area (Å²) in [6.45, 7) is 5.15. The van der Waals surface area contributed by atoms with Crippen LogP contribution in [0.3, 0.4) is 0 Å². The van der Waals surface area contributed by atoms with Gasteiger partial charge in [0.15, 0.2) is 0 Å². The molecule has 1 aromatic rings. The van der Waals surface area contributed by atoms with Gasteiger partial charge in [-0.05, 0) is 17.7 Å². The lowest BCUT2D eigenvalue weighted by Crippen LogP contribution is -2.21. The molecule has 0 radical (unpaired) electrons. The van der Waals surface area contributed by atoms with Gasteiger partial charge in [-0.3, -0.25) is 0 Å². The van der Waals surface area contributed by atoms with Crippen molar-refractivity contribution in [2.75, 3.05) is 0 Å². The Hall–Kier alpha value is -0.240. The van der Waals surface area contributed by atoms with Gasteiger partial charge in [0, 0.05) is 17.6 Å². The first-order valence-corrected chi connectivity index (χ1v) is 4.54. The van der Waals surface area contributed by atoms with Crippen LogP contribution in [-0.2, 0) is 6.54 Å². The molecule has 0 atom stereocenters. The third kappa shape index (κ3) is 5.14. The molecular weight excluding hydrogens is 205 g/mol. The summed E-state index contributed by atoms with van der Waals surface area (Å²) < 4.78 is 0. The maximum absolute atomic E-state index is 5.83. The molecule has 0 unspecified atom stereocenters. The van der Waals surface area contributed by atoms with E-state index in [-0.39, 0.29) is 12.4 Å². The van der Waals surface area contributed by atoms with Crippen molar-refractivity contribution in [2.24, 2.45) is 0 Å². The fourth-order valence-corrected chi connectivity index (χ4v) is 1.18. The molecule has 1 aromatic carbocycles. The van der Waals surface area contributed by atoms with Crippen LogP contribution in [-0.4, -0.2) is 6.04 Å². The first kappa shape index (κ1) is 12.8. The van der Waals surface area contributed by atoms with E-state index in [4.69, 9.17) is 11.6 Å². The Labute approximate surface area is 90.9 Å². The van der Waals surface area contributed by atoms with E-state index in [0.29, 0.717) is 6.04 Å². The summed E-state index contributed by atoms with van der Waals surface area (Å²) >= 11 is 5.83. The van der Waals surface area contributed by atoms with Gasteiger partial charge in [-0.25, -0.2) is 0 Å². The minimum absolute atomic E-state index is 0. The molecule has 3 heteroatoms. The van der Waals surface area contributed by atoms with Gasteiger partial charge in [-0.1, -0.05) is 37.6 Å². The topological polar surface area (TPSA) is 12.0 Å². The van der Waals surface area contributed by atoms with E-state index < -0.39 is 0 Å². The number of hydrogen-bond donors (Lipinski definition) is 1. The van der Waals surface area contributed by atoms with Crippen molar-refractivity contribution >= 4 is 24.0 Å². The zero-order chi connectivity index (χ0) is 8.97. The van der Waals surface area contributed by atoms with Crippen LogP contribution in [0.4, 0.5) is 0 Å². The minimum atomic E-state index is 0. The maximum Gasteiger partial charge on any atom is 0.0409 e. The first-order chi connectivity index (χ1) is 5.68. The molecule has 0 aliphatic heterocycles. The van der Waals surface area contributed by atoms with Crippen LogP contribution in [0.2, 0.25) is 5.02 Å². The zero-order valence-corrected chi connectivity index (χ0v) is 9.45. The molecule has 13 heavy (non-hydrogen) atoms. The molecule has 0 aliphatic carbocycles. The maximum atomic E-state index is 5.83. The van der Waals surface area contributed by atoms with Crippen molar-refractivity contribution in [3.8, 4) is 0 Å². The van der Waals surface area contributed by atoms with Gasteiger partial charge in [0.1, 0.15) is 0 Å². The highest BCUT2D eigenvalue weighted by molar-refractivity contribution is 6.30. The summed E-state index contributed by atoms with van der Waals surface area (Å²) in [5, 5.41) is 4.13. The molecule has 0 saturated carbocycles. The second kappa shape index (κ2) is 6.25. The molecule has 0 saturated heterocycles. The van der Waals surface area contributed by atoms with Gasteiger partial charge >= 0.3 is 0 Å². The largest absolute Gasteiger partial charge is 0.310 e. The van der Waals surface area contributed by atoms with Crippen LogP contribution in [0.15, 0.2) is 24.3 Å². The molecular formula is C10H15Cl2N. The summed E-state index contributed by atoms with van der Waals surface area (Å²) in [6.07, 6.45) is 0. The molecule has 0 aliphatic rings. The number of nitrogens with one attached hydrogen (secondary N) is 1. The monoisotopic (exact) mass is 219 g/mol. The van der Waals surface area contributed by atoms with Gasteiger partial charge in [0.25, 0.3) is 0 Å². The fourth-order valence-electron chi connectivity index (χ4n) is 0.969. The molecule has 1 N–H and O–H groups in total. The van der Waals surface area contributed by atoms with Gasteiger partial charge < -0.3 is 5.32 Å². The smallest absolute Gasteiger partial charge is 0.0409 e. The van der Waals surface area contributed by atoms with Crippen molar-refractivity contribution in [1.29, 1.82) is 0 Å². The van der Waals surface area contributed by atoms with E-state index in [0.717, 1.165) is 11.6 Å². The molecule has 0 bridgehead atoms. The summed E-state index contributed by atoms with van der Waals surface area (Å²) in [5.41, 5.74) is 1.23. The second-order valence-corrected chi connectivity index (χ2v) is 3.60. The van der Waals surface area contributed by atoms with Gasteiger partial charge in [-0.2, -0.15) is 0 Å². The predicted octanol–water partition coefficient (Wildman–Crippen LogP) is 3.26. The standard InChI is InChI=1S/C10H14ClN.ClH/c1-8(2)12-7-9-4-3-5-10(11)6-9;/h3-6,8,12H,7H2,1-2H3;1H. The SMILES string of the molecule is CC(C)NCc1cccc(Cl)c1.Cl. The molecule has 0 spiro atoms. The Morgan fingerprint density at radius 3 is 2.62 bits per heavy atom. The normalized spacial score (nSPS) is 9.85. The lowest BCUT2D eigenvalue weighted by molar-refractivity contribution is 0.589.